The predicted molar refractivity (Wildman–Crippen MR) is 61.4 cm³/mol. The highest BCUT2D eigenvalue weighted by atomic mass is 79.9. The quantitative estimate of drug-likeness (QED) is 0.791. The summed E-state index contributed by atoms with van der Waals surface area (Å²) < 4.78 is 7.42. The van der Waals surface area contributed by atoms with Crippen LogP contribution in [0.2, 0.25) is 0 Å². The second-order valence-corrected chi connectivity index (χ2v) is 4.08. The number of esters is 1. The van der Waals surface area contributed by atoms with E-state index in [4.69, 9.17) is 4.74 Å². The van der Waals surface area contributed by atoms with Crippen molar-refractivity contribution in [2.24, 2.45) is 0 Å². The molecule has 0 saturated carbocycles. The van der Waals surface area contributed by atoms with Crippen molar-refractivity contribution in [3.63, 3.8) is 0 Å². The van der Waals surface area contributed by atoms with Crippen molar-refractivity contribution in [3.8, 4) is 0 Å². The van der Waals surface area contributed by atoms with E-state index in [1.165, 1.54) is 0 Å². The summed E-state index contributed by atoms with van der Waals surface area (Å²) in [6.07, 6.45) is 3.41. The van der Waals surface area contributed by atoms with Crippen LogP contribution in [0, 0.1) is 6.92 Å². The highest BCUT2D eigenvalue weighted by Gasteiger charge is 2.12. The lowest BCUT2D eigenvalue weighted by Gasteiger charge is -1.96. The van der Waals surface area contributed by atoms with Crippen LogP contribution >= 0.6 is 15.9 Å². The maximum atomic E-state index is 11.4. The van der Waals surface area contributed by atoms with E-state index < -0.39 is 5.97 Å². The van der Waals surface area contributed by atoms with Gasteiger partial charge < -0.3 is 4.74 Å². The number of aryl methyl sites for hydroxylation is 1. The van der Waals surface area contributed by atoms with E-state index in [0.29, 0.717) is 12.4 Å². The molecule has 0 aliphatic carbocycles. The summed E-state index contributed by atoms with van der Waals surface area (Å²) >= 11 is 3.37. The summed E-state index contributed by atoms with van der Waals surface area (Å²) in [6, 6.07) is 0. The molecule has 2 rings (SSSR count). The van der Waals surface area contributed by atoms with Crippen molar-refractivity contribution >= 4 is 27.7 Å². The number of hydrogen-bond acceptors (Lipinski definition) is 4. The van der Waals surface area contributed by atoms with Crippen LogP contribution < -0.4 is 0 Å². The fourth-order valence-corrected chi connectivity index (χ4v) is 1.59. The maximum absolute atomic E-state index is 11.4. The van der Waals surface area contributed by atoms with Crippen LogP contribution in [-0.2, 0) is 4.74 Å². The molecule has 0 unspecified atom stereocenters. The molecule has 5 nitrogen and oxygen atoms in total. The van der Waals surface area contributed by atoms with Crippen molar-refractivity contribution in [2.75, 3.05) is 6.61 Å². The number of nitrogens with zero attached hydrogens (tertiary/aromatic N) is 3. The Bertz CT molecular complexity index is 511. The molecule has 0 bridgehead atoms. The molecular formula is C10H10BrN3O2. The molecule has 0 fully saturated rings. The summed E-state index contributed by atoms with van der Waals surface area (Å²) in [5.41, 5.74) is 1.10. The molecule has 0 saturated heterocycles. The standard InChI is InChI=1S/C10H10BrN3O2/c1-3-16-9(15)8-5-14-4-7(11)6(2)12-10(14)13-8/h4-5H,3H2,1-2H3. The molecule has 2 aromatic heterocycles. The van der Waals surface area contributed by atoms with Crippen LogP contribution in [0.4, 0.5) is 0 Å². The van der Waals surface area contributed by atoms with Gasteiger partial charge in [-0.05, 0) is 29.8 Å². The molecule has 0 radical (unpaired) electrons. The zero-order valence-corrected chi connectivity index (χ0v) is 10.5. The molecule has 6 heteroatoms. The third-order valence-electron chi connectivity index (χ3n) is 2.06. The first-order chi connectivity index (χ1) is 7.61. The zero-order chi connectivity index (χ0) is 11.7. The molecule has 0 aromatic carbocycles. The molecule has 0 aliphatic heterocycles. The van der Waals surface area contributed by atoms with Gasteiger partial charge in [-0.1, -0.05) is 0 Å². The number of imidazole rings is 1. The van der Waals surface area contributed by atoms with E-state index in [-0.39, 0.29) is 5.69 Å². The van der Waals surface area contributed by atoms with Crippen molar-refractivity contribution < 1.29 is 9.53 Å². The summed E-state index contributed by atoms with van der Waals surface area (Å²) in [5.74, 6) is 0.0607. The topological polar surface area (TPSA) is 56.5 Å². The minimum atomic E-state index is -0.429. The molecule has 2 heterocycles. The number of halogens is 1. The van der Waals surface area contributed by atoms with Crippen molar-refractivity contribution in [2.45, 2.75) is 13.8 Å². The van der Waals surface area contributed by atoms with Gasteiger partial charge >= 0.3 is 5.97 Å². The summed E-state index contributed by atoms with van der Waals surface area (Å²) in [4.78, 5) is 19.8. The van der Waals surface area contributed by atoms with Crippen molar-refractivity contribution in [1.82, 2.24) is 14.4 Å². The van der Waals surface area contributed by atoms with E-state index in [0.717, 1.165) is 10.2 Å². The Morgan fingerprint density at radius 3 is 2.94 bits per heavy atom. The van der Waals surface area contributed by atoms with Gasteiger partial charge in [0.05, 0.1) is 16.8 Å². The first-order valence-electron chi connectivity index (χ1n) is 4.80. The number of carbonyl (C=O) groups excluding carboxylic acids is 1. The summed E-state index contributed by atoms with van der Waals surface area (Å²) in [7, 11) is 0. The average molecular weight is 284 g/mol. The van der Waals surface area contributed by atoms with E-state index in [2.05, 4.69) is 25.9 Å². The van der Waals surface area contributed by atoms with E-state index >= 15 is 0 Å². The smallest absolute Gasteiger partial charge is 0.358 e. The molecule has 0 atom stereocenters. The van der Waals surface area contributed by atoms with Crippen molar-refractivity contribution in [1.29, 1.82) is 0 Å². The number of hydrogen-bond donors (Lipinski definition) is 0. The maximum Gasteiger partial charge on any atom is 0.358 e. The molecule has 0 N–H and O–H groups in total. The predicted octanol–water partition coefficient (Wildman–Crippen LogP) is 1.98. The minimum absolute atomic E-state index is 0.270. The number of ether oxygens (including phenoxy) is 1. The molecule has 0 amide bonds. The molecular weight excluding hydrogens is 274 g/mol. The van der Waals surface area contributed by atoms with Gasteiger partial charge in [0.1, 0.15) is 0 Å². The lowest BCUT2D eigenvalue weighted by atomic mass is 10.4. The molecule has 0 aliphatic rings. The fraction of sp³-hybridized carbons (Fsp3) is 0.300. The average Bonchev–Trinajstić information content (AvgIpc) is 2.62. The number of carbonyl (C=O) groups is 1. The van der Waals surface area contributed by atoms with Crippen LogP contribution in [0.3, 0.4) is 0 Å². The van der Waals surface area contributed by atoms with Crippen LogP contribution in [0.15, 0.2) is 16.9 Å². The second-order valence-electron chi connectivity index (χ2n) is 3.23. The molecule has 0 spiro atoms. The lowest BCUT2D eigenvalue weighted by Crippen LogP contribution is -2.04. The Labute approximate surface area is 101 Å². The largest absolute Gasteiger partial charge is 0.461 e. The number of fused-ring (bicyclic) bond motifs is 1. The van der Waals surface area contributed by atoms with Gasteiger partial charge in [-0.15, -0.1) is 0 Å². The first kappa shape index (κ1) is 11.1. The van der Waals surface area contributed by atoms with Crippen LogP contribution in [-0.4, -0.2) is 26.9 Å². The molecule has 84 valence electrons. The number of aromatic nitrogens is 3. The van der Waals surface area contributed by atoms with Gasteiger partial charge in [0.25, 0.3) is 0 Å². The second kappa shape index (κ2) is 4.21. The fourth-order valence-electron chi connectivity index (χ4n) is 1.28. The molecule has 2 aromatic rings. The summed E-state index contributed by atoms with van der Waals surface area (Å²) in [6.45, 7) is 3.96. The summed E-state index contributed by atoms with van der Waals surface area (Å²) in [5, 5.41) is 0. The Kier molecular flexibility index (Phi) is 2.91. The third-order valence-corrected chi connectivity index (χ3v) is 2.84. The third kappa shape index (κ3) is 1.92. The Balaban J connectivity index is 2.48. The Hall–Kier alpha value is -1.43. The van der Waals surface area contributed by atoms with E-state index in [1.807, 2.05) is 13.1 Å². The lowest BCUT2D eigenvalue weighted by molar-refractivity contribution is 0.0520. The van der Waals surface area contributed by atoms with E-state index in [9.17, 15) is 4.79 Å². The zero-order valence-electron chi connectivity index (χ0n) is 8.90. The SMILES string of the molecule is CCOC(=O)c1cn2cc(Br)c(C)nc2n1. The number of rotatable bonds is 2. The normalized spacial score (nSPS) is 10.7. The highest BCUT2D eigenvalue weighted by molar-refractivity contribution is 9.10. The van der Waals surface area contributed by atoms with Gasteiger partial charge in [-0.3, -0.25) is 4.40 Å². The van der Waals surface area contributed by atoms with Crippen LogP contribution in [0.25, 0.3) is 5.78 Å². The van der Waals surface area contributed by atoms with E-state index in [1.54, 1.807) is 17.5 Å². The first-order valence-corrected chi connectivity index (χ1v) is 5.60. The minimum Gasteiger partial charge on any atom is -0.461 e. The van der Waals surface area contributed by atoms with Crippen LogP contribution in [0.5, 0.6) is 0 Å². The van der Waals surface area contributed by atoms with Gasteiger partial charge in [0.15, 0.2) is 5.69 Å². The van der Waals surface area contributed by atoms with Crippen molar-refractivity contribution in [3.05, 3.63) is 28.3 Å². The Morgan fingerprint density at radius 1 is 1.50 bits per heavy atom. The van der Waals surface area contributed by atoms with Gasteiger partial charge in [0, 0.05) is 12.4 Å². The Morgan fingerprint density at radius 2 is 2.25 bits per heavy atom. The van der Waals surface area contributed by atoms with Gasteiger partial charge in [0.2, 0.25) is 5.78 Å². The molecule has 16 heavy (non-hydrogen) atoms. The highest BCUT2D eigenvalue weighted by Crippen LogP contribution is 2.15. The van der Waals surface area contributed by atoms with Gasteiger partial charge in [-0.2, -0.15) is 0 Å². The van der Waals surface area contributed by atoms with Gasteiger partial charge in [-0.25, -0.2) is 14.8 Å². The van der Waals surface area contributed by atoms with Crippen LogP contribution in [0.1, 0.15) is 23.1 Å². The monoisotopic (exact) mass is 283 g/mol.